The largest absolute Gasteiger partial charge is 0.507 e. The van der Waals surface area contributed by atoms with E-state index in [1.54, 1.807) is 12.1 Å². The minimum Gasteiger partial charge on any atom is -0.507 e. The topological polar surface area (TPSA) is 73.3 Å². The van der Waals surface area contributed by atoms with Gasteiger partial charge in [-0.2, -0.15) is 0 Å². The molecular weight excluding hydrogens is 266 g/mol. The lowest BCUT2D eigenvalue weighted by molar-refractivity contribution is 0.476. The van der Waals surface area contributed by atoms with Gasteiger partial charge in [0.1, 0.15) is 5.75 Å². The van der Waals surface area contributed by atoms with E-state index < -0.39 is 0 Å². The van der Waals surface area contributed by atoms with Crippen molar-refractivity contribution in [2.75, 3.05) is 36.4 Å². The first-order valence-corrected chi connectivity index (χ1v) is 7.20. The van der Waals surface area contributed by atoms with Crippen LogP contribution in [0.5, 0.6) is 5.75 Å². The first-order valence-electron chi connectivity index (χ1n) is 7.20. The molecule has 1 fully saturated rings. The van der Waals surface area contributed by atoms with E-state index in [1.807, 2.05) is 18.2 Å². The molecule has 2 aliphatic rings. The monoisotopic (exact) mass is 283 g/mol. The van der Waals surface area contributed by atoms with Crippen molar-refractivity contribution < 1.29 is 5.11 Å². The van der Waals surface area contributed by atoms with Crippen LogP contribution in [0.1, 0.15) is 0 Å². The summed E-state index contributed by atoms with van der Waals surface area (Å²) < 4.78 is 0. The van der Waals surface area contributed by atoms with Crippen LogP contribution in [0.25, 0.3) is 11.3 Å². The molecule has 0 aliphatic carbocycles. The molecule has 1 atom stereocenters. The molecule has 1 aromatic heterocycles. The number of nitrogens with one attached hydrogen (secondary N) is 2. The number of aromatic hydroxyl groups is 1. The summed E-state index contributed by atoms with van der Waals surface area (Å²) in [4.78, 5) is 2.38. The fourth-order valence-corrected chi connectivity index (χ4v) is 3.02. The lowest BCUT2D eigenvalue weighted by Gasteiger charge is -2.42. The minimum absolute atomic E-state index is 0.229. The second-order valence-electron chi connectivity index (χ2n) is 5.41. The summed E-state index contributed by atoms with van der Waals surface area (Å²) in [6, 6.07) is 9.68. The van der Waals surface area contributed by atoms with E-state index in [2.05, 4.69) is 25.7 Å². The maximum absolute atomic E-state index is 9.99. The highest BCUT2D eigenvalue weighted by Crippen LogP contribution is 2.35. The van der Waals surface area contributed by atoms with Gasteiger partial charge in [0.05, 0.1) is 17.4 Å². The fourth-order valence-electron chi connectivity index (χ4n) is 3.02. The number of para-hydroxylation sites is 1. The van der Waals surface area contributed by atoms with Crippen LogP contribution >= 0.6 is 0 Å². The summed E-state index contributed by atoms with van der Waals surface area (Å²) in [7, 11) is 0. The summed E-state index contributed by atoms with van der Waals surface area (Å²) >= 11 is 0. The second-order valence-corrected chi connectivity index (χ2v) is 5.41. The van der Waals surface area contributed by atoms with Crippen LogP contribution in [0.3, 0.4) is 0 Å². The normalized spacial score (nSPS) is 20.4. The molecule has 1 saturated heterocycles. The zero-order valence-electron chi connectivity index (χ0n) is 11.6. The number of piperazine rings is 1. The van der Waals surface area contributed by atoms with Gasteiger partial charge in [0.2, 0.25) is 0 Å². The van der Waals surface area contributed by atoms with E-state index in [0.29, 0.717) is 17.3 Å². The van der Waals surface area contributed by atoms with Gasteiger partial charge in [-0.3, -0.25) is 0 Å². The van der Waals surface area contributed by atoms with Crippen molar-refractivity contribution in [2.45, 2.75) is 6.04 Å². The Kier molecular flexibility index (Phi) is 2.89. The van der Waals surface area contributed by atoms with Gasteiger partial charge >= 0.3 is 0 Å². The number of nitrogens with zero attached hydrogens (tertiary/aromatic N) is 3. The smallest absolute Gasteiger partial charge is 0.172 e. The third kappa shape index (κ3) is 2.08. The van der Waals surface area contributed by atoms with Gasteiger partial charge in [0.25, 0.3) is 0 Å². The molecule has 0 spiro atoms. The maximum atomic E-state index is 9.99. The highest BCUT2D eigenvalue weighted by Gasteiger charge is 2.29. The third-order valence-electron chi connectivity index (χ3n) is 4.12. The van der Waals surface area contributed by atoms with Crippen molar-refractivity contribution >= 4 is 11.5 Å². The number of benzene rings is 1. The molecule has 6 heteroatoms. The Morgan fingerprint density at radius 3 is 3.00 bits per heavy atom. The van der Waals surface area contributed by atoms with Crippen molar-refractivity contribution in [3.8, 4) is 17.0 Å². The lowest BCUT2D eigenvalue weighted by atomic mass is 10.1. The van der Waals surface area contributed by atoms with E-state index in [0.717, 1.165) is 37.7 Å². The Morgan fingerprint density at radius 2 is 2.10 bits per heavy atom. The van der Waals surface area contributed by atoms with Crippen LogP contribution in [-0.4, -0.2) is 47.5 Å². The Bertz CT molecular complexity index is 675. The Balaban J connectivity index is 1.78. The molecule has 0 saturated carbocycles. The minimum atomic E-state index is 0.229. The standard InChI is InChI=1S/C15H17N5O/c21-14-4-2-1-3-11(14)12-7-13-15(19-18-12)17-9-10-8-16-5-6-20(10)13/h1-4,7,10,16,21H,5-6,8-9H2,(H,17,19)/t10-/m0/s1. The van der Waals surface area contributed by atoms with Crippen molar-refractivity contribution in [3.63, 3.8) is 0 Å². The third-order valence-corrected chi connectivity index (χ3v) is 4.12. The van der Waals surface area contributed by atoms with Crippen LogP contribution in [0.2, 0.25) is 0 Å². The molecule has 3 heterocycles. The molecule has 4 rings (SSSR count). The van der Waals surface area contributed by atoms with Crippen molar-refractivity contribution in [1.82, 2.24) is 15.5 Å². The van der Waals surface area contributed by atoms with Crippen molar-refractivity contribution in [2.24, 2.45) is 0 Å². The highest BCUT2D eigenvalue weighted by atomic mass is 16.3. The quantitative estimate of drug-likeness (QED) is 0.726. The average molecular weight is 283 g/mol. The van der Waals surface area contributed by atoms with E-state index in [1.165, 1.54) is 0 Å². The second kappa shape index (κ2) is 4.89. The Hall–Kier alpha value is -2.34. The van der Waals surface area contributed by atoms with Gasteiger partial charge in [-0.25, -0.2) is 0 Å². The van der Waals surface area contributed by atoms with Gasteiger partial charge in [-0.15, -0.1) is 10.2 Å². The molecule has 21 heavy (non-hydrogen) atoms. The van der Waals surface area contributed by atoms with E-state index in [4.69, 9.17) is 0 Å². The fraction of sp³-hybridized carbons (Fsp3) is 0.333. The van der Waals surface area contributed by atoms with Crippen LogP contribution in [0.15, 0.2) is 30.3 Å². The predicted molar refractivity (Wildman–Crippen MR) is 81.6 cm³/mol. The average Bonchev–Trinajstić information content (AvgIpc) is 2.55. The molecule has 6 nitrogen and oxygen atoms in total. The number of fused-ring (bicyclic) bond motifs is 3. The Morgan fingerprint density at radius 1 is 1.19 bits per heavy atom. The number of hydrogen-bond donors (Lipinski definition) is 3. The lowest BCUT2D eigenvalue weighted by Crippen LogP contribution is -2.56. The van der Waals surface area contributed by atoms with Crippen LogP contribution in [0.4, 0.5) is 11.5 Å². The first-order chi connectivity index (χ1) is 10.3. The number of phenolic OH excluding ortho intramolecular Hbond substituents is 1. The summed E-state index contributed by atoms with van der Waals surface area (Å²) in [6.45, 7) is 3.79. The zero-order valence-corrected chi connectivity index (χ0v) is 11.6. The zero-order chi connectivity index (χ0) is 14.2. The summed E-state index contributed by atoms with van der Waals surface area (Å²) in [6.07, 6.45) is 0. The van der Waals surface area contributed by atoms with Gasteiger partial charge < -0.3 is 20.6 Å². The highest BCUT2D eigenvalue weighted by molar-refractivity contribution is 5.76. The number of phenols is 1. The number of aromatic nitrogens is 2. The number of hydrogen-bond acceptors (Lipinski definition) is 6. The molecule has 3 N–H and O–H groups in total. The SMILES string of the molecule is Oc1ccccc1-c1cc2c(nn1)NC[C@@H]1CNCCN21. The van der Waals surface area contributed by atoms with Gasteiger partial charge in [-0.1, -0.05) is 12.1 Å². The first kappa shape index (κ1) is 12.4. The Labute approximate surface area is 122 Å². The molecule has 1 aromatic carbocycles. The van der Waals surface area contributed by atoms with E-state index in [9.17, 15) is 5.11 Å². The van der Waals surface area contributed by atoms with E-state index >= 15 is 0 Å². The van der Waals surface area contributed by atoms with E-state index in [-0.39, 0.29) is 5.75 Å². The summed E-state index contributed by atoms with van der Waals surface area (Å²) in [5.74, 6) is 1.06. The van der Waals surface area contributed by atoms with Gasteiger partial charge in [0, 0.05) is 31.7 Å². The molecule has 108 valence electrons. The van der Waals surface area contributed by atoms with Gasteiger partial charge in [-0.05, 0) is 18.2 Å². The molecule has 2 aromatic rings. The molecule has 0 bridgehead atoms. The van der Waals surface area contributed by atoms with Crippen molar-refractivity contribution in [3.05, 3.63) is 30.3 Å². The number of anilines is 2. The predicted octanol–water partition coefficient (Wildman–Crippen LogP) is 1.05. The molecule has 0 radical (unpaired) electrons. The molecule has 0 unspecified atom stereocenters. The van der Waals surface area contributed by atoms with Crippen molar-refractivity contribution in [1.29, 1.82) is 0 Å². The molecular formula is C15H17N5O. The number of rotatable bonds is 1. The van der Waals surface area contributed by atoms with Crippen LogP contribution < -0.4 is 15.5 Å². The maximum Gasteiger partial charge on any atom is 0.172 e. The van der Waals surface area contributed by atoms with Gasteiger partial charge in [0.15, 0.2) is 5.82 Å². The molecule has 0 amide bonds. The summed E-state index contributed by atoms with van der Waals surface area (Å²) in [5, 5.41) is 25.3. The van der Waals surface area contributed by atoms with Crippen LogP contribution in [0, 0.1) is 0 Å². The molecule has 2 aliphatic heterocycles. The summed E-state index contributed by atoms with van der Waals surface area (Å²) in [5.41, 5.74) is 2.49. The van der Waals surface area contributed by atoms with Crippen LogP contribution in [-0.2, 0) is 0 Å².